The molecule has 0 fully saturated rings. The zero-order valence-electron chi connectivity index (χ0n) is 10.2. The lowest BCUT2D eigenvalue weighted by Crippen LogP contribution is -1.83. The number of hydrogen-bond donors (Lipinski definition) is 1. The minimum atomic E-state index is 0.160. The lowest BCUT2D eigenvalue weighted by Gasteiger charge is -2.01. The SMILES string of the molecule is Cc1cccc(-c2nc(-c3ccncc3)no2)c1O. The minimum absolute atomic E-state index is 0.160. The molecule has 0 saturated heterocycles. The summed E-state index contributed by atoms with van der Waals surface area (Å²) in [5.74, 6) is 0.929. The van der Waals surface area contributed by atoms with Crippen LogP contribution in [0.1, 0.15) is 5.56 Å². The summed E-state index contributed by atoms with van der Waals surface area (Å²) in [6, 6.07) is 8.99. The van der Waals surface area contributed by atoms with Crippen molar-refractivity contribution in [2.45, 2.75) is 6.92 Å². The van der Waals surface area contributed by atoms with Gasteiger partial charge in [0.25, 0.3) is 5.89 Å². The molecule has 0 radical (unpaired) electrons. The van der Waals surface area contributed by atoms with E-state index in [0.29, 0.717) is 17.3 Å². The van der Waals surface area contributed by atoms with E-state index in [-0.39, 0.29) is 5.75 Å². The van der Waals surface area contributed by atoms with Crippen molar-refractivity contribution in [3.05, 3.63) is 48.3 Å². The Kier molecular flexibility index (Phi) is 2.72. The van der Waals surface area contributed by atoms with E-state index in [1.165, 1.54) is 0 Å². The van der Waals surface area contributed by atoms with Gasteiger partial charge in [-0.15, -0.1) is 0 Å². The zero-order chi connectivity index (χ0) is 13.2. The summed E-state index contributed by atoms with van der Waals surface area (Å²) >= 11 is 0. The molecule has 19 heavy (non-hydrogen) atoms. The molecule has 5 nitrogen and oxygen atoms in total. The molecule has 0 spiro atoms. The second-order valence-electron chi connectivity index (χ2n) is 4.13. The number of aromatic nitrogens is 3. The molecule has 2 aromatic heterocycles. The molecular weight excluding hydrogens is 242 g/mol. The van der Waals surface area contributed by atoms with E-state index in [1.54, 1.807) is 30.6 Å². The van der Waals surface area contributed by atoms with Crippen LogP contribution in [0.5, 0.6) is 5.75 Å². The van der Waals surface area contributed by atoms with Crippen LogP contribution in [0.4, 0.5) is 0 Å². The summed E-state index contributed by atoms with van der Waals surface area (Å²) in [5, 5.41) is 13.9. The fourth-order valence-electron chi connectivity index (χ4n) is 1.78. The fraction of sp³-hybridized carbons (Fsp3) is 0.0714. The second kappa shape index (κ2) is 4.53. The molecular formula is C14H11N3O2. The van der Waals surface area contributed by atoms with E-state index in [0.717, 1.165) is 11.1 Å². The molecule has 1 N–H and O–H groups in total. The maximum atomic E-state index is 9.99. The van der Waals surface area contributed by atoms with Crippen molar-refractivity contribution in [3.8, 4) is 28.6 Å². The molecule has 0 saturated carbocycles. The summed E-state index contributed by atoms with van der Waals surface area (Å²) < 4.78 is 5.20. The fourth-order valence-corrected chi connectivity index (χ4v) is 1.78. The molecule has 0 bridgehead atoms. The largest absolute Gasteiger partial charge is 0.507 e. The van der Waals surface area contributed by atoms with E-state index >= 15 is 0 Å². The first kappa shape index (κ1) is 11.4. The molecule has 1 aromatic carbocycles. The van der Waals surface area contributed by atoms with Gasteiger partial charge in [0.2, 0.25) is 5.82 Å². The predicted octanol–water partition coefficient (Wildman–Crippen LogP) is 2.81. The van der Waals surface area contributed by atoms with Crippen molar-refractivity contribution in [1.82, 2.24) is 15.1 Å². The summed E-state index contributed by atoms with van der Waals surface area (Å²) in [4.78, 5) is 8.22. The van der Waals surface area contributed by atoms with Gasteiger partial charge in [-0.05, 0) is 30.7 Å². The Morgan fingerprint density at radius 2 is 1.89 bits per heavy atom. The Morgan fingerprint density at radius 1 is 1.11 bits per heavy atom. The molecule has 0 atom stereocenters. The number of aryl methyl sites for hydroxylation is 1. The third-order valence-corrected chi connectivity index (χ3v) is 2.83. The Balaban J connectivity index is 2.05. The Hall–Kier alpha value is -2.69. The smallest absolute Gasteiger partial charge is 0.262 e. The normalized spacial score (nSPS) is 10.6. The van der Waals surface area contributed by atoms with Gasteiger partial charge >= 0.3 is 0 Å². The lowest BCUT2D eigenvalue weighted by molar-refractivity contribution is 0.425. The molecule has 0 amide bonds. The molecule has 5 heteroatoms. The number of hydrogen-bond acceptors (Lipinski definition) is 5. The highest BCUT2D eigenvalue weighted by molar-refractivity contribution is 5.66. The summed E-state index contributed by atoms with van der Waals surface area (Å²) in [7, 11) is 0. The number of aromatic hydroxyl groups is 1. The van der Waals surface area contributed by atoms with Crippen LogP contribution in [-0.4, -0.2) is 20.2 Å². The van der Waals surface area contributed by atoms with Crippen molar-refractivity contribution >= 4 is 0 Å². The molecule has 0 aliphatic carbocycles. The van der Waals surface area contributed by atoms with Gasteiger partial charge in [0.1, 0.15) is 5.75 Å². The van der Waals surface area contributed by atoms with Gasteiger partial charge in [-0.2, -0.15) is 4.98 Å². The zero-order valence-corrected chi connectivity index (χ0v) is 10.2. The number of nitrogens with zero attached hydrogens (tertiary/aromatic N) is 3. The number of para-hydroxylation sites is 1. The quantitative estimate of drug-likeness (QED) is 0.760. The van der Waals surface area contributed by atoms with Crippen molar-refractivity contribution in [2.75, 3.05) is 0 Å². The van der Waals surface area contributed by atoms with Gasteiger partial charge in [0.05, 0.1) is 5.56 Å². The Labute approximate surface area is 109 Å². The third kappa shape index (κ3) is 2.06. The van der Waals surface area contributed by atoms with E-state index < -0.39 is 0 Å². The monoisotopic (exact) mass is 253 g/mol. The molecule has 0 unspecified atom stereocenters. The van der Waals surface area contributed by atoms with E-state index in [9.17, 15) is 5.11 Å². The molecule has 2 heterocycles. The van der Waals surface area contributed by atoms with Gasteiger partial charge in [0, 0.05) is 18.0 Å². The Morgan fingerprint density at radius 3 is 2.68 bits per heavy atom. The standard InChI is InChI=1S/C14H11N3O2/c1-9-3-2-4-11(12(9)18)14-16-13(17-19-14)10-5-7-15-8-6-10/h2-8,18H,1H3. The Bertz CT molecular complexity index is 708. The van der Waals surface area contributed by atoms with Crippen LogP contribution < -0.4 is 0 Å². The first-order valence-corrected chi connectivity index (χ1v) is 5.79. The number of pyridine rings is 1. The third-order valence-electron chi connectivity index (χ3n) is 2.83. The molecule has 3 rings (SSSR count). The first-order valence-electron chi connectivity index (χ1n) is 5.79. The minimum Gasteiger partial charge on any atom is -0.507 e. The van der Waals surface area contributed by atoms with Crippen LogP contribution in [-0.2, 0) is 0 Å². The summed E-state index contributed by atoms with van der Waals surface area (Å²) in [6.45, 7) is 1.82. The molecule has 94 valence electrons. The highest BCUT2D eigenvalue weighted by Gasteiger charge is 2.14. The topological polar surface area (TPSA) is 72.0 Å². The van der Waals surface area contributed by atoms with Gasteiger partial charge in [-0.3, -0.25) is 4.98 Å². The van der Waals surface area contributed by atoms with E-state index in [2.05, 4.69) is 15.1 Å². The van der Waals surface area contributed by atoms with Crippen molar-refractivity contribution < 1.29 is 9.63 Å². The van der Waals surface area contributed by atoms with Crippen LogP contribution in [0.15, 0.2) is 47.2 Å². The van der Waals surface area contributed by atoms with E-state index in [1.807, 2.05) is 19.1 Å². The molecule has 3 aromatic rings. The summed E-state index contributed by atoms with van der Waals surface area (Å²) in [6.07, 6.45) is 3.32. The van der Waals surface area contributed by atoms with Crippen LogP contribution >= 0.6 is 0 Å². The van der Waals surface area contributed by atoms with Gasteiger partial charge in [-0.1, -0.05) is 17.3 Å². The van der Waals surface area contributed by atoms with Gasteiger partial charge in [-0.25, -0.2) is 0 Å². The average Bonchev–Trinajstić information content (AvgIpc) is 2.92. The molecule has 0 aliphatic heterocycles. The number of phenolic OH excluding ortho intramolecular Hbond substituents is 1. The van der Waals surface area contributed by atoms with Crippen LogP contribution in [0, 0.1) is 6.92 Å². The predicted molar refractivity (Wildman–Crippen MR) is 69.4 cm³/mol. The number of rotatable bonds is 2. The van der Waals surface area contributed by atoms with E-state index in [4.69, 9.17) is 4.52 Å². The first-order chi connectivity index (χ1) is 9.25. The maximum Gasteiger partial charge on any atom is 0.262 e. The van der Waals surface area contributed by atoms with Gasteiger partial charge in [0.15, 0.2) is 0 Å². The highest BCUT2D eigenvalue weighted by Crippen LogP contribution is 2.31. The van der Waals surface area contributed by atoms with Crippen molar-refractivity contribution in [2.24, 2.45) is 0 Å². The average molecular weight is 253 g/mol. The second-order valence-corrected chi connectivity index (χ2v) is 4.13. The number of phenols is 1. The number of benzene rings is 1. The van der Waals surface area contributed by atoms with Crippen LogP contribution in [0.25, 0.3) is 22.8 Å². The van der Waals surface area contributed by atoms with Crippen molar-refractivity contribution in [1.29, 1.82) is 0 Å². The highest BCUT2D eigenvalue weighted by atomic mass is 16.5. The van der Waals surface area contributed by atoms with Crippen LogP contribution in [0.2, 0.25) is 0 Å². The summed E-state index contributed by atoms with van der Waals surface area (Å²) in [5.41, 5.74) is 2.12. The lowest BCUT2D eigenvalue weighted by atomic mass is 10.1. The maximum absolute atomic E-state index is 9.99. The van der Waals surface area contributed by atoms with Crippen LogP contribution in [0.3, 0.4) is 0 Å². The van der Waals surface area contributed by atoms with Gasteiger partial charge < -0.3 is 9.63 Å². The molecule has 0 aliphatic rings. The van der Waals surface area contributed by atoms with Crippen molar-refractivity contribution in [3.63, 3.8) is 0 Å².